The van der Waals surface area contributed by atoms with Gasteiger partial charge in [-0.1, -0.05) is 16.5 Å². The molecule has 0 amide bonds. The molecule has 1 unspecified atom stereocenters. The summed E-state index contributed by atoms with van der Waals surface area (Å²) in [5, 5.41) is 0. The zero-order valence-electron chi connectivity index (χ0n) is 13.2. The van der Waals surface area contributed by atoms with Crippen LogP contribution < -0.4 is 0 Å². The van der Waals surface area contributed by atoms with E-state index in [0.29, 0.717) is 0 Å². The molecule has 1 aromatic rings. The van der Waals surface area contributed by atoms with Crippen LogP contribution in [-0.4, -0.2) is 28.7 Å². The number of hydrogen-bond acceptors (Lipinski definition) is 3. The Hall–Kier alpha value is -1.05. The maximum atomic E-state index is 14.4. The van der Waals surface area contributed by atoms with Crippen molar-refractivity contribution in [3.63, 3.8) is 0 Å². The number of alkyl halides is 2. The second kappa shape index (κ2) is 7.02. The van der Waals surface area contributed by atoms with Gasteiger partial charge in [-0.05, 0) is 33.8 Å². The molecule has 7 heteroatoms. The maximum Gasteiger partial charge on any atom is 0.298 e. The van der Waals surface area contributed by atoms with Crippen LogP contribution >= 0.6 is 0 Å². The molecule has 0 spiro atoms. The Morgan fingerprint density at radius 3 is 2.41 bits per heavy atom. The van der Waals surface area contributed by atoms with Crippen molar-refractivity contribution in [2.24, 2.45) is 4.40 Å². The highest BCUT2D eigenvalue weighted by Crippen LogP contribution is 2.32. The summed E-state index contributed by atoms with van der Waals surface area (Å²) < 4.78 is 61.8. The smallest absolute Gasteiger partial charge is 0.298 e. The van der Waals surface area contributed by atoms with Crippen molar-refractivity contribution < 1.29 is 22.5 Å². The fraction of sp³-hybridized carbons (Fsp3) is 0.533. The summed E-state index contributed by atoms with van der Waals surface area (Å²) in [5.74, 6) is -4.52. The van der Waals surface area contributed by atoms with Crippen LogP contribution in [0.2, 0.25) is 0 Å². The van der Waals surface area contributed by atoms with E-state index in [1.807, 2.05) is 0 Å². The van der Waals surface area contributed by atoms with Gasteiger partial charge in [0.25, 0.3) is 5.92 Å². The molecule has 22 heavy (non-hydrogen) atoms. The quantitative estimate of drug-likeness (QED) is 0.606. The van der Waals surface area contributed by atoms with Gasteiger partial charge in [0.1, 0.15) is 28.5 Å². The van der Waals surface area contributed by atoms with E-state index in [-0.39, 0.29) is 11.3 Å². The van der Waals surface area contributed by atoms with E-state index in [2.05, 4.69) is 9.13 Å². The highest BCUT2D eigenvalue weighted by Gasteiger charge is 2.36. The maximum absolute atomic E-state index is 14.4. The molecule has 0 fully saturated rings. The van der Waals surface area contributed by atoms with Gasteiger partial charge in [-0.15, -0.1) is 0 Å². The molecule has 1 aromatic carbocycles. The summed E-state index contributed by atoms with van der Waals surface area (Å²) >= 11 is -1.60. The van der Waals surface area contributed by atoms with Crippen molar-refractivity contribution in [3.8, 4) is 0 Å². The van der Waals surface area contributed by atoms with E-state index >= 15 is 0 Å². The Kier molecular flexibility index (Phi) is 6.06. The molecule has 0 aromatic heterocycles. The topological polar surface area (TPSA) is 44.6 Å². The van der Waals surface area contributed by atoms with E-state index in [1.54, 1.807) is 20.8 Å². The van der Waals surface area contributed by atoms with Crippen LogP contribution in [-0.2, 0) is 22.0 Å². The molecule has 0 aliphatic rings. The molecule has 1 atom stereocenters. The van der Waals surface area contributed by atoms with Crippen LogP contribution in [0.1, 0.15) is 38.8 Å². The van der Waals surface area contributed by atoms with E-state index in [9.17, 15) is 17.7 Å². The second-order valence-corrected chi connectivity index (χ2v) is 7.75. The van der Waals surface area contributed by atoms with Gasteiger partial charge >= 0.3 is 0 Å². The van der Waals surface area contributed by atoms with Crippen LogP contribution in [0.3, 0.4) is 0 Å². The summed E-state index contributed by atoms with van der Waals surface area (Å²) in [5.41, 5.74) is -0.741. The highest BCUT2D eigenvalue weighted by molar-refractivity contribution is 7.91. The predicted octanol–water partition coefficient (Wildman–Crippen LogP) is 3.84. The van der Waals surface area contributed by atoms with Crippen molar-refractivity contribution in [3.05, 3.63) is 35.1 Å². The molecule has 3 nitrogen and oxygen atoms in total. The summed E-state index contributed by atoms with van der Waals surface area (Å²) in [7, 11) is 1.12. The Bertz CT molecular complexity index is 556. The number of nitrogens with zero attached hydrogens (tertiary/aromatic N) is 1. The van der Waals surface area contributed by atoms with E-state index < -0.39 is 40.0 Å². The lowest BCUT2D eigenvalue weighted by Gasteiger charge is -2.20. The molecular formula is C15H20F3NO2S. The summed E-state index contributed by atoms with van der Waals surface area (Å²) in [6, 6.07) is 3.66. The lowest BCUT2D eigenvalue weighted by atomic mass is 10.0. The first-order valence-electron chi connectivity index (χ1n) is 6.64. The zero-order valence-corrected chi connectivity index (χ0v) is 14.1. The van der Waals surface area contributed by atoms with Crippen molar-refractivity contribution in [1.29, 1.82) is 0 Å². The number of benzene rings is 1. The number of methoxy groups -OCH3 is 1. The average Bonchev–Trinajstić information content (AvgIpc) is 2.37. The zero-order chi connectivity index (χ0) is 17.1. The SMILES string of the molecule is COCC(F)(F)c1cccc(C(C)=N[S+]([O-])C(C)(C)C)c1F. The fourth-order valence-electron chi connectivity index (χ4n) is 1.66. The van der Waals surface area contributed by atoms with Crippen molar-refractivity contribution in [1.82, 2.24) is 0 Å². The monoisotopic (exact) mass is 335 g/mol. The molecular weight excluding hydrogens is 315 g/mol. The summed E-state index contributed by atoms with van der Waals surface area (Å²) in [6.07, 6.45) is 0. The third-order valence-corrected chi connectivity index (χ3v) is 4.34. The summed E-state index contributed by atoms with van der Waals surface area (Å²) in [6.45, 7) is 5.69. The molecule has 0 radical (unpaired) electrons. The molecule has 0 saturated heterocycles. The number of ether oxygens (including phenoxy) is 1. The Labute approximate surface area is 131 Å². The second-order valence-electron chi connectivity index (χ2n) is 5.84. The Morgan fingerprint density at radius 2 is 1.91 bits per heavy atom. The molecule has 0 N–H and O–H groups in total. The minimum atomic E-state index is -3.45. The lowest BCUT2D eigenvalue weighted by Crippen LogP contribution is -2.27. The van der Waals surface area contributed by atoms with Gasteiger partial charge in [-0.2, -0.15) is 8.78 Å². The first-order chi connectivity index (χ1) is 10.0. The Morgan fingerprint density at radius 1 is 1.32 bits per heavy atom. The number of rotatable bonds is 5. The first kappa shape index (κ1) is 19.0. The van der Waals surface area contributed by atoms with E-state index in [4.69, 9.17) is 0 Å². The third-order valence-electron chi connectivity index (χ3n) is 2.85. The van der Waals surface area contributed by atoms with Crippen molar-refractivity contribution >= 4 is 17.1 Å². The molecule has 1 rings (SSSR count). The largest absolute Gasteiger partial charge is 0.591 e. The van der Waals surface area contributed by atoms with Gasteiger partial charge in [0, 0.05) is 12.7 Å². The van der Waals surface area contributed by atoms with Gasteiger partial charge in [0.05, 0.1) is 11.3 Å². The van der Waals surface area contributed by atoms with Gasteiger partial charge in [0.15, 0.2) is 0 Å². The molecule has 124 valence electrons. The number of hydrogen-bond donors (Lipinski definition) is 0. The normalized spacial score (nSPS) is 15.0. The van der Waals surface area contributed by atoms with Crippen LogP contribution in [0.5, 0.6) is 0 Å². The lowest BCUT2D eigenvalue weighted by molar-refractivity contribution is -0.0721. The minimum absolute atomic E-state index is 0.0918. The minimum Gasteiger partial charge on any atom is -0.591 e. The van der Waals surface area contributed by atoms with Crippen LogP contribution in [0.25, 0.3) is 0 Å². The van der Waals surface area contributed by atoms with Gasteiger partial charge in [0.2, 0.25) is 0 Å². The fourth-order valence-corrected chi connectivity index (χ4v) is 2.28. The third kappa shape index (κ3) is 4.47. The average molecular weight is 335 g/mol. The van der Waals surface area contributed by atoms with E-state index in [0.717, 1.165) is 13.2 Å². The van der Waals surface area contributed by atoms with E-state index in [1.165, 1.54) is 19.1 Å². The van der Waals surface area contributed by atoms with Crippen LogP contribution in [0.4, 0.5) is 13.2 Å². The van der Waals surface area contributed by atoms with Crippen LogP contribution in [0.15, 0.2) is 22.6 Å². The van der Waals surface area contributed by atoms with Gasteiger partial charge in [-0.3, -0.25) is 0 Å². The molecule has 0 aliphatic heterocycles. The molecule has 0 saturated carbocycles. The first-order valence-corrected chi connectivity index (χ1v) is 7.75. The molecule has 0 heterocycles. The Balaban J connectivity index is 3.26. The van der Waals surface area contributed by atoms with Crippen LogP contribution in [0, 0.1) is 5.82 Å². The van der Waals surface area contributed by atoms with Crippen molar-refractivity contribution in [2.45, 2.75) is 38.4 Å². The molecule has 0 bridgehead atoms. The summed E-state index contributed by atoms with van der Waals surface area (Å²) in [4.78, 5) is 0. The predicted molar refractivity (Wildman–Crippen MR) is 82.3 cm³/mol. The standard InChI is InChI=1S/C15H20F3NO2S/c1-10(19-22(20)14(2,3)4)11-7-6-8-12(13(11)16)15(17,18)9-21-5/h6-8H,9H2,1-5H3. The van der Waals surface area contributed by atoms with Gasteiger partial charge < -0.3 is 9.29 Å². The highest BCUT2D eigenvalue weighted by atomic mass is 32.2. The number of halogens is 3. The molecule has 0 aliphatic carbocycles. The van der Waals surface area contributed by atoms with Gasteiger partial charge in [-0.25, -0.2) is 4.39 Å². The van der Waals surface area contributed by atoms with Crippen molar-refractivity contribution in [2.75, 3.05) is 13.7 Å².